The quantitative estimate of drug-likeness (QED) is 0.526. The molecular formula is C17H18ClN3O5S. The van der Waals surface area contributed by atoms with Crippen LogP contribution in [0.5, 0.6) is 11.5 Å². The zero-order valence-electron chi connectivity index (χ0n) is 14.1. The molecule has 27 heavy (non-hydrogen) atoms. The minimum atomic E-state index is -3.85. The number of urea groups is 1. The lowest BCUT2D eigenvalue weighted by Gasteiger charge is -2.34. The molecular weight excluding hydrogens is 394 g/mol. The van der Waals surface area contributed by atoms with Gasteiger partial charge in [0.15, 0.2) is 5.37 Å². The van der Waals surface area contributed by atoms with Crippen LogP contribution in [0.15, 0.2) is 53.4 Å². The fourth-order valence-corrected chi connectivity index (χ4v) is 4.64. The van der Waals surface area contributed by atoms with E-state index in [1.54, 1.807) is 24.3 Å². The highest BCUT2D eigenvalue weighted by Crippen LogP contribution is 2.30. The highest BCUT2D eigenvalue weighted by molar-refractivity contribution is 7.92. The number of halogens is 1. The summed E-state index contributed by atoms with van der Waals surface area (Å²) in [6, 6.07) is 11.9. The van der Waals surface area contributed by atoms with Crippen molar-refractivity contribution in [3.8, 4) is 11.5 Å². The zero-order chi connectivity index (χ0) is 19.4. The molecule has 3 N–H and O–H groups in total. The van der Waals surface area contributed by atoms with Crippen LogP contribution in [0, 0.1) is 0 Å². The summed E-state index contributed by atoms with van der Waals surface area (Å²) in [6.07, 6.45) is 0. The molecule has 1 saturated heterocycles. The van der Waals surface area contributed by atoms with E-state index < -0.39 is 21.2 Å². The molecule has 2 aromatic rings. The summed E-state index contributed by atoms with van der Waals surface area (Å²) in [7, 11) is -3.85. The number of hydrogen-bond donors (Lipinski definition) is 3. The molecule has 0 radical (unpaired) electrons. The molecule has 2 aromatic carbocycles. The van der Waals surface area contributed by atoms with Gasteiger partial charge in [0.2, 0.25) is 9.84 Å². The standard InChI is InChI=1S/C17H18ClN3O5S/c18-14-3-1-2-4-15(14)26-12-5-7-13(8-6-12)27(24,25)16-11-19-9-10-21(16)17(22)20-23/h1-8,16,19,23H,9-11H2,(H,20,22)/t16-/m1/s1. The minimum absolute atomic E-state index is 0.0402. The first kappa shape index (κ1) is 19.4. The lowest BCUT2D eigenvalue weighted by atomic mass is 10.3. The highest BCUT2D eigenvalue weighted by Gasteiger charge is 2.37. The monoisotopic (exact) mass is 411 g/mol. The van der Waals surface area contributed by atoms with Crippen LogP contribution < -0.4 is 15.5 Å². The fourth-order valence-electron chi connectivity index (χ4n) is 2.76. The van der Waals surface area contributed by atoms with Gasteiger partial charge in [0, 0.05) is 19.6 Å². The maximum Gasteiger partial charge on any atom is 0.342 e. The van der Waals surface area contributed by atoms with Gasteiger partial charge in [-0.3, -0.25) is 5.21 Å². The van der Waals surface area contributed by atoms with E-state index in [-0.39, 0.29) is 18.0 Å². The molecule has 1 aliphatic heterocycles. The Hall–Kier alpha value is -2.33. The fraction of sp³-hybridized carbons (Fsp3) is 0.235. The number of sulfone groups is 1. The van der Waals surface area contributed by atoms with E-state index in [2.05, 4.69) is 5.32 Å². The lowest BCUT2D eigenvalue weighted by molar-refractivity contribution is 0.119. The van der Waals surface area contributed by atoms with Crippen LogP contribution in [0.25, 0.3) is 0 Å². The largest absolute Gasteiger partial charge is 0.456 e. The summed E-state index contributed by atoms with van der Waals surface area (Å²) in [6.45, 7) is 0.654. The Morgan fingerprint density at radius 3 is 2.59 bits per heavy atom. The second-order valence-corrected chi connectivity index (χ2v) is 8.33. The Morgan fingerprint density at radius 2 is 1.93 bits per heavy atom. The smallest absolute Gasteiger partial charge is 0.342 e. The number of carbonyl (C=O) groups excluding carboxylic acids is 1. The van der Waals surface area contributed by atoms with Gasteiger partial charge in [-0.15, -0.1) is 0 Å². The molecule has 0 aromatic heterocycles. The number of amides is 2. The zero-order valence-corrected chi connectivity index (χ0v) is 15.7. The molecule has 0 unspecified atom stereocenters. The maximum absolute atomic E-state index is 12.9. The van der Waals surface area contributed by atoms with Gasteiger partial charge in [0.25, 0.3) is 0 Å². The van der Waals surface area contributed by atoms with Crippen LogP contribution in [0.3, 0.4) is 0 Å². The third-order valence-electron chi connectivity index (χ3n) is 4.13. The number of ether oxygens (including phenoxy) is 1. The van der Waals surface area contributed by atoms with Crippen LogP contribution in [0.2, 0.25) is 5.02 Å². The number of nitrogens with zero attached hydrogens (tertiary/aromatic N) is 1. The van der Waals surface area contributed by atoms with Crippen molar-refractivity contribution in [1.82, 2.24) is 15.7 Å². The average molecular weight is 412 g/mol. The summed E-state index contributed by atoms with van der Waals surface area (Å²) in [5.74, 6) is 0.880. The van der Waals surface area contributed by atoms with E-state index in [4.69, 9.17) is 21.5 Å². The molecule has 3 rings (SSSR count). The van der Waals surface area contributed by atoms with Gasteiger partial charge in [-0.2, -0.15) is 0 Å². The summed E-state index contributed by atoms with van der Waals surface area (Å²) >= 11 is 6.05. The molecule has 1 aliphatic rings. The number of piperazine rings is 1. The van der Waals surface area contributed by atoms with Crippen molar-refractivity contribution < 1.29 is 23.2 Å². The van der Waals surface area contributed by atoms with Crippen LogP contribution in [-0.4, -0.2) is 49.6 Å². The second kappa shape index (κ2) is 8.13. The average Bonchev–Trinajstić information content (AvgIpc) is 2.69. The van der Waals surface area contributed by atoms with E-state index in [1.807, 2.05) is 0 Å². The lowest BCUT2D eigenvalue weighted by Crippen LogP contribution is -2.58. The number of rotatable bonds is 4. The Kier molecular flexibility index (Phi) is 5.85. The molecule has 2 amide bonds. The van der Waals surface area contributed by atoms with Crippen molar-refractivity contribution >= 4 is 27.5 Å². The number of benzene rings is 2. The van der Waals surface area contributed by atoms with Crippen LogP contribution in [0.1, 0.15) is 0 Å². The van der Waals surface area contributed by atoms with Crippen LogP contribution in [0.4, 0.5) is 4.79 Å². The summed E-state index contributed by atoms with van der Waals surface area (Å²) in [4.78, 5) is 12.9. The number of nitrogens with one attached hydrogen (secondary N) is 2. The van der Waals surface area contributed by atoms with E-state index in [0.717, 1.165) is 4.90 Å². The molecule has 0 aliphatic carbocycles. The highest BCUT2D eigenvalue weighted by atomic mass is 35.5. The Balaban J connectivity index is 1.82. The number of hydroxylamine groups is 1. The van der Waals surface area contributed by atoms with E-state index in [0.29, 0.717) is 23.1 Å². The summed E-state index contributed by atoms with van der Waals surface area (Å²) < 4.78 is 31.5. The summed E-state index contributed by atoms with van der Waals surface area (Å²) in [5.41, 5.74) is 1.49. The Labute approximate surface area is 161 Å². The van der Waals surface area contributed by atoms with Crippen molar-refractivity contribution in [2.24, 2.45) is 0 Å². The van der Waals surface area contributed by atoms with Crippen LogP contribution >= 0.6 is 11.6 Å². The van der Waals surface area contributed by atoms with E-state index in [1.165, 1.54) is 29.7 Å². The van der Waals surface area contributed by atoms with Gasteiger partial charge in [0.1, 0.15) is 11.5 Å². The van der Waals surface area contributed by atoms with Crippen molar-refractivity contribution in [3.63, 3.8) is 0 Å². The van der Waals surface area contributed by atoms with Crippen molar-refractivity contribution in [3.05, 3.63) is 53.6 Å². The SMILES string of the molecule is O=C(NO)N1CCNC[C@H]1S(=O)(=O)c1ccc(Oc2ccccc2Cl)cc1. The Bertz CT molecular complexity index is 920. The molecule has 0 saturated carbocycles. The Morgan fingerprint density at radius 1 is 1.22 bits per heavy atom. The van der Waals surface area contributed by atoms with Crippen molar-refractivity contribution in [1.29, 1.82) is 0 Å². The van der Waals surface area contributed by atoms with Crippen molar-refractivity contribution in [2.75, 3.05) is 19.6 Å². The molecule has 1 fully saturated rings. The predicted octanol–water partition coefficient (Wildman–Crippen LogP) is 2.24. The topological polar surface area (TPSA) is 108 Å². The van der Waals surface area contributed by atoms with Gasteiger partial charge in [-0.1, -0.05) is 23.7 Å². The summed E-state index contributed by atoms with van der Waals surface area (Å²) in [5, 5.41) is 11.1. The number of carbonyl (C=O) groups is 1. The maximum atomic E-state index is 12.9. The van der Waals surface area contributed by atoms with E-state index >= 15 is 0 Å². The number of hydrogen-bond acceptors (Lipinski definition) is 6. The minimum Gasteiger partial charge on any atom is -0.456 e. The third kappa shape index (κ3) is 4.16. The molecule has 1 heterocycles. The molecule has 0 bridgehead atoms. The van der Waals surface area contributed by atoms with E-state index in [9.17, 15) is 13.2 Å². The first-order chi connectivity index (χ1) is 12.9. The van der Waals surface area contributed by atoms with Gasteiger partial charge in [-0.25, -0.2) is 18.7 Å². The first-order valence-electron chi connectivity index (χ1n) is 8.11. The normalized spacial score (nSPS) is 17.4. The predicted molar refractivity (Wildman–Crippen MR) is 98.8 cm³/mol. The molecule has 10 heteroatoms. The van der Waals surface area contributed by atoms with Gasteiger partial charge >= 0.3 is 6.03 Å². The number of para-hydroxylation sites is 1. The van der Waals surface area contributed by atoms with Gasteiger partial charge < -0.3 is 15.0 Å². The molecule has 8 nitrogen and oxygen atoms in total. The van der Waals surface area contributed by atoms with Gasteiger partial charge in [0.05, 0.1) is 9.92 Å². The first-order valence-corrected chi connectivity index (χ1v) is 10.0. The molecule has 0 spiro atoms. The second-order valence-electron chi connectivity index (χ2n) is 5.82. The third-order valence-corrected chi connectivity index (χ3v) is 6.51. The van der Waals surface area contributed by atoms with Crippen molar-refractivity contribution in [2.45, 2.75) is 10.3 Å². The molecule has 144 valence electrons. The molecule has 1 atom stereocenters. The van der Waals surface area contributed by atoms with Gasteiger partial charge in [-0.05, 0) is 36.4 Å². The van der Waals surface area contributed by atoms with Crippen LogP contribution in [-0.2, 0) is 9.84 Å².